The van der Waals surface area contributed by atoms with E-state index in [1.165, 1.54) is 0 Å². The molecule has 20 heavy (non-hydrogen) atoms. The molecule has 1 N–H and O–H groups in total. The predicted octanol–water partition coefficient (Wildman–Crippen LogP) is 3.76. The lowest BCUT2D eigenvalue weighted by Gasteiger charge is -2.32. The molecule has 3 nitrogen and oxygen atoms in total. The molecule has 0 aliphatic heterocycles. The molecule has 0 amide bonds. The number of rotatable bonds is 7. The largest absolute Gasteiger partial charge is 0.496 e. The molecule has 0 aliphatic rings. The number of nitrogens with zero attached hydrogens (tertiary/aromatic N) is 1. The lowest BCUT2D eigenvalue weighted by molar-refractivity contribution is 0.151. The molecule has 0 aliphatic carbocycles. The maximum Gasteiger partial charge on any atom is 0.123 e. The van der Waals surface area contributed by atoms with Gasteiger partial charge in [-0.3, -0.25) is 4.90 Å². The van der Waals surface area contributed by atoms with Crippen LogP contribution in [0.1, 0.15) is 58.3 Å². The Kier molecular flexibility index (Phi) is 6.50. The van der Waals surface area contributed by atoms with E-state index in [2.05, 4.69) is 32.6 Å². The fourth-order valence-corrected chi connectivity index (χ4v) is 2.62. The van der Waals surface area contributed by atoms with Crippen LogP contribution in [0.3, 0.4) is 0 Å². The average Bonchev–Trinajstić information content (AvgIpc) is 2.42. The molecule has 0 bridgehead atoms. The molecule has 3 heteroatoms. The first-order chi connectivity index (χ1) is 9.42. The molecule has 0 unspecified atom stereocenters. The van der Waals surface area contributed by atoms with Gasteiger partial charge < -0.3 is 9.84 Å². The summed E-state index contributed by atoms with van der Waals surface area (Å²) in [6, 6.07) is 6.83. The molecule has 0 spiro atoms. The first-order valence-electron chi connectivity index (χ1n) is 7.51. The van der Waals surface area contributed by atoms with Gasteiger partial charge in [-0.05, 0) is 45.7 Å². The molecule has 1 atom stereocenters. The number of aliphatic hydroxyl groups excluding tert-OH is 1. The maximum absolute atomic E-state index is 10.2. The zero-order chi connectivity index (χ0) is 15.3. The molecule has 0 radical (unpaired) electrons. The number of hydrogen-bond donors (Lipinski definition) is 1. The zero-order valence-electron chi connectivity index (χ0n) is 13.7. The molecule has 1 aromatic carbocycles. The smallest absolute Gasteiger partial charge is 0.123 e. The summed E-state index contributed by atoms with van der Waals surface area (Å²) in [4.78, 5) is 2.41. The van der Waals surface area contributed by atoms with Crippen molar-refractivity contribution < 1.29 is 9.84 Å². The molecular weight excluding hydrogens is 250 g/mol. The Morgan fingerprint density at radius 2 is 1.75 bits per heavy atom. The van der Waals surface area contributed by atoms with Gasteiger partial charge in [0.25, 0.3) is 0 Å². The van der Waals surface area contributed by atoms with Crippen molar-refractivity contribution in [3.05, 3.63) is 29.3 Å². The highest BCUT2D eigenvalue weighted by atomic mass is 16.5. The summed E-state index contributed by atoms with van der Waals surface area (Å²) in [5, 5.41) is 10.2. The maximum atomic E-state index is 10.2. The van der Waals surface area contributed by atoms with Crippen LogP contribution in [0, 0.1) is 0 Å². The Labute approximate surface area is 123 Å². The summed E-state index contributed by atoms with van der Waals surface area (Å²) in [5.41, 5.74) is 2.09. The van der Waals surface area contributed by atoms with Crippen LogP contribution in [-0.2, 0) is 6.54 Å². The van der Waals surface area contributed by atoms with E-state index in [0.29, 0.717) is 18.5 Å². The molecule has 0 fully saturated rings. The van der Waals surface area contributed by atoms with Crippen molar-refractivity contribution in [1.29, 1.82) is 0 Å². The highest BCUT2D eigenvalue weighted by Gasteiger charge is 2.20. The molecule has 0 saturated carbocycles. The monoisotopic (exact) mass is 279 g/mol. The van der Waals surface area contributed by atoms with Gasteiger partial charge in [-0.1, -0.05) is 19.1 Å². The van der Waals surface area contributed by atoms with Gasteiger partial charge in [-0.25, -0.2) is 0 Å². The number of benzene rings is 1. The lowest BCUT2D eigenvalue weighted by atomic mass is 9.98. The fraction of sp³-hybridized carbons (Fsp3) is 0.647. The number of ether oxygens (including phenoxy) is 1. The SMILES string of the molecule is CC[C@@H](O)c1cccc(OC)c1CN(C(C)C)C(C)C. The van der Waals surface area contributed by atoms with Gasteiger partial charge in [-0.2, -0.15) is 0 Å². The van der Waals surface area contributed by atoms with E-state index in [4.69, 9.17) is 4.74 Å². The van der Waals surface area contributed by atoms with Gasteiger partial charge in [0.05, 0.1) is 13.2 Å². The predicted molar refractivity (Wildman–Crippen MR) is 84.1 cm³/mol. The lowest BCUT2D eigenvalue weighted by Crippen LogP contribution is -2.36. The van der Waals surface area contributed by atoms with Gasteiger partial charge >= 0.3 is 0 Å². The molecule has 114 valence electrons. The minimum absolute atomic E-state index is 0.429. The second-order valence-corrected chi connectivity index (χ2v) is 5.81. The summed E-state index contributed by atoms with van der Waals surface area (Å²) in [6.07, 6.45) is 0.282. The Bertz CT molecular complexity index is 407. The normalized spacial score (nSPS) is 13.3. The second-order valence-electron chi connectivity index (χ2n) is 5.81. The topological polar surface area (TPSA) is 32.7 Å². The van der Waals surface area contributed by atoms with Crippen LogP contribution in [0.25, 0.3) is 0 Å². The van der Waals surface area contributed by atoms with Crippen LogP contribution in [0.5, 0.6) is 5.75 Å². The van der Waals surface area contributed by atoms with Crippen molar-refractivity contribution in [2.45, 2.75) is 65.8 Å². The summed E-state index contributed by atoms with van der Waals surface area (Å²) in [6.45, 7) is 11.6. The molecule has 0 heterocycles. The van der Waals surface area contributed by atoms with E-state index >= 15 is 0 Å². The van der Waals surface area contributed by atoms with E-state index in [9.17, 15) is 5.11 Å². The zero-order valence-corrected chi connectivity index (χ0v) is 13.7. The molecule has 1 aromatic rings. The second kappa shape index (κ2) is 7.65. The van der Waals surface area contributed by atoms with E-state index in [1.807, 2.05) is 25.1 Å². The first-order valence-corrected chi connectivity index (χ1v) is 7.51. The highest BCUT2D eigenvalue weighted by Crippen LogP contribution is 2.30. The molecule has 0 saturated heterocycles. The van der Waals surface area contributed by atoms with Gasteiger partial charge in [0, 0.05) is 24.2 Å². The molecular formula is C17H29NO2. The number of hydrogen-bond acceptors (Lipinski definition) is 3. The first kappa shape index (κ1) is 17.0. The van der Waals surface area contributed by atoms with Gasteiger partial charge in [0.1, 0.15) is 5.75 Å². The summed E-state index contributed by atoms with van der Waals surface area (Å²) < 4.78 is 5.50. The van der Waals surface area contributed by atoms with E-state index < -0.39 is 6.10 Å². The van der Waals surface area contributed by atoms with Crippen molar-refractivity contribution >= 4 is 0 Å². The van der Waals surface area contributed by atoms with Crippen LogP contribution < -0.4 is 4.74 Å². The molecule has 0 aromatic heterocycles. The third kappa shape index (κ3) is 3.97. The summed E-state index contributed by atoms with van der Waals surface area (Å²) in [5.74, 6) is 0.862. The van der Waals surface area contributed by atoms with Crippen molar-refractivity contribution in [1.82, 2.24) is 4.90 Å². The van der Waals surface area contributed by atoms with Crippen LogP contribution in [-0.4, -0.2) is 29.2 Å². The minimum Gasteiger partial charge on any atom is -0.496 e. The quantitative estimate of drug-likeness (QED) is 0.825. The van der Waals surface area contributed by atoms with Crippen LogP contribution in [0.2, 0.25) is 0 Å². The number of aliphatic hydroxyl groups is 1. The Balaban J connectivity index is 3.19. The average molecular weight is 279 g/mol. The standard InChI is InChI=1S/C17H29NO2/c1-7-16(19)14-9-8-10-17(20-6)15(14)11-18(12(2)3)13(4)5/h8-10,12-13,16,19H,7,11H2,1-6H3/t16-/m1/s1. The highest BCUT2D eigenvalue weighted by molar-refractivity contribution is 5.41. The van der Waals surface area contributed by atoms with Crippen LogP contribution >= 0.6 is 0 Å². The van der Waals surface area contributed by atoms with Gasteiger partial charge in [-0.15, -0.1) is 0 Å². The molecule has 1 rings (SSSR count). The summed E-state index contributed by atoms with van der Waals surface area (Å²) >= 11 is 0. The van der Waals surface area contributed by atoms with Crippen molar-refractivity contribution in [3.63, 3.8) is 0 Å². The summed E-state index contributed by atoms with van der Waals surface area (Å²) in [7, 11) is 1.69. The van der Waals surface area contributed by atoms with E-state index in [1.54, 1.807) is 7.11 Å². The van der Waals surface area contributed by atoms with Gasteiger partial charge in [0.15, 0.2) is 0 Å². The van der Waals surface area contributed by atoms with Crippen LogP contribution in [0.15, 0.2) is 18.2 Å². The van der Waals surface area contributed by atoms with Crippen molar-refractivity contribution in [3.8, 4) is 5.75 Å². The van der Waals surface area contributed by atoms with E-state index in [0.717, 1.165) is 23.4 Å². The van der Waals surface area contributed by atoms with Crippen LogP contribution in [0.4, 0.5) is 0 Å². The minimum atomic E-state index is -0.429. The number of methoxy groups -OCH3 is 1. The third-order valence-corrected chi connectivity index (χ3v) is 3.80. The van der Waals surface area contributed by atoms with Crippen molar-refractivity contribution in [2.24, 2.45) is 0 Å². The Hall–Kier alpha value is -1.06. The Morgan fingerprint density at radius 3 is 2.20 bits per heavy atom. The van der Waals surface area contributed by atoms with Gasteiger partial charge in [0.2, 0.25) is 0 Å². The van der Waals surface area contributed by atoms with Crippen molar-refractivity contribution in [2.75, 3.05) is 7.11 Å². The fourth-order valence-electron chi connectivity index (χ4n) is 2.62. The van der Waals surface area contributed by atoms with E-state index in [-0.39, 0.29) is 0 Å². The Morgan fingerprint density at radius 1 is 1.15 bits per heavy atom. The third-order valence-electron chi connectivity index (χ3n) is 3.80.